The number of benzene rings is 2. The fourth-order valence-corrected chi connectivity index (χ4v) is 4.64. The zero-order valence-electron chi connectivity index (χ0n) is 23.4. The number of hydrogen-bond acceptors (Lipinski definition) is 4. The summed E-state index contributed by atoms with van der Waals surface area (Å²) in [6.45, 7) is 14.9. The molecule has 1 fully saturated rings. The van der Waals surface area contributed by atoms with Crippen molar-refractivity contribution in [2.45, 2.75) is 98.4 Å². The first-order valence-corrected chi connectivity index (χ1v) is 13.0. The lowest BCUT2D eigenvalue weighted by molar-refractivity contribution is -0.145. The molecule has 2 aromatic rings. The molecule has 2 unspecified atom stereocenters. The molecule has 7 nitrogen and oxygen atoms in total. The van der Waals surface area contributed by atoms with Crippen LogP contribution in [-0.2, 0) is 14.3 Å². The van der Waals surface area contributed by atoms with Gasteiger partial charge in [-0.05, 0) is 102 Å². The molecule has 0 aliphatic heterocycles. The summed E-state index contributed by atoms with van der Waals surface area (Å²) in [6.07, 6.45) is 1.94. The van der Waals surface area contributed by atoms with Crippen molar-refractivity contribution in [1.82, 2.24) is 10.2 Å². The molecular weight excluding hydrogens is 466 g/mol. The van der Waals surface area contributed by atoms with Crippen LogP contribution in [-0.4, -0.2) is 40.5 Å². The van der Waals surface area contributed by atoms with Gasteiger partial charge < -0.3 is 20.3 Å². The van der Waals surface area contributed by atoms with Gasteiger partial charge in [0, 0.05) is 11.7 Å². The Morgan fingerprint density at radius 2 is 1.51 bits per heavy atom. The molecule has 7 heteroatoms. The van der Waals surface area contributed by atoms with Crippen molar-refractivity contribution < 1.29 is 19.1 Å². The molecule has 1 saturated carbocycles. The van der Waals surface area contributed by atoms with Crippen LogP contribution in [0.3, 0.4) is 0 Å². The smallest absolute Gasteiger partial charge is 0.408 e. The number of para-hydroxylation sites is 1. The molecule has 37 heavy (non-hydrogen) atoms. The molecule has 0 saturated heterocycles. The number of carbonyl (C=O) groups excluding carboxylic acids is 3. The molecule has 2 N–H and O–H groups in total. The van der Waals surface area contributed by atoms with Crippen molar-refractivity contribution in [3.63, 3.8) is 0 Å². The molecule has 1 aliphatic carbocycles. The second kappa shape index (κ2) is 11.4. The topological polar surface area (TPSA) is 87.7 Å². The van der Waals surface area contributed by atoms with Gasteiger partial charge in [-0.25, -0.2) is 4.79 Å². The average molecular weight is 508 g/mol. The van der Waals surface area contributed by atoms with Gasteiger partial charge >= 0.3 is 6.09 Å². The fourth-order valence-electron chi connectivity index (χ4n) is 4.64. The third kappa shape index (κ3) is 6.70. The highest BCUT2D eigenvalue weighted by atomic mass is 16.6. The highest BCUT2D eigenvalue weighted by Gasteiger charge is 2.41. The first kappa shape index (κ1) is 28.2. The standard InChI is InChI=1S/C30H41N3O4/c1-18-12-10-17-24(21(18)4)26(27(34)32-25-19(2)13-9-14-20(25)3)33(23-15-11-16-23)28(35)22(5)31-29(36)37-30(6,7)8/h9-10,12-14,17,22-23,26H,11,15-16H2,1-8H3,(H,31,36)(H,32,34). The Morgan fingerprint density at radius 1 is 0.946 bits per heavy atom. The van der Waals surface area contributed by atoms with E-state index in [4.69, 9.17) is 4.74 Å². The first-order valence-electron chi connectivity index (χ1n) is 13.0. The monoisotopic (exact) mass is 507 g/mol. The fraction of sp³-hybridized carbons (Fsp3) is 0.500. The number of aryl methyl sites for hydroxylation is 3. The largest absolute Gasteiger partial charge is 0.444 e. The summed E-state index contributed by atoms with van der Waals surface area (Å²) in [7, 11) is 0. The number of alkyl carbamates (subject to hydrolysis) is 1. The Hall–Kier alpha value is -3.35. The van der Waals surface area contributed by atoms with E-state index in [9.17, 15) is 14.4 Å². The van der Waals surface area contributed by atoms with Gasteiger partial charge in [0.05, 0.1) is 0 Å². The lowest BCUT2D eigenvalue weighted by atomic mass is 9.86. The summed E-state index contributed by atoms with van der Waals surface area (Å²) in [5, 5.41) is 5.80. The van der Waals surface area contributed by atoms with Gasteiger partial charge in [0.2, 0.25) is 5.91 Å². The lowest BCUT2D eigenvalue weighted by Gasteiger charge is -2.43. The predicted octanol–water partition coefficient (Wildman–Crippen LogP) is 5.89. The summed E-state index contributed by atoms with van der Waals surface area (Å²) in [5.74, 6) is -0.575. The summed E-state index contributed by atoms with van der Waals surface area (Å²) in [5.41, 5.74) is 4.77. The van der Waals surface area contributed by atoms with Crippen molar-refractivity contribution in [2.24, 2.45) is 0 Å². The normalized spacial score (nSPS) is 15.2. The Kier molecular flexibility index (Phi) is 8.67. The number of ether oxygens (including phenoxy) is 1. The lowest BCUT2D eigenvalue weighted by Crippen LogP contribution is -2.56. The maximum atomic E-state index is 14.1. The molecule has 0 radical (unpaired) electrons. The Labute approximate surface area is 221 Å². The van der Waals surface area contributed by atoms with E-state index in [2.05, 4.69) is 10.6 Å². The average Bonchev–Trinajstić information content (AvgIpc) is 2.75. The summed E-state index contributed by atoms with van der Waals surface area (Å²) < 4.78 is 5.37. The highest BCUT2D eigenvalue weighted by Crippen LogP contribution is 2.36. The van der Waals surface area contributed by atoms with Gasteiger partial charge in [-0.3, -0.25) is 9.59 Å². The van der Waals surface area contributed by atoms with E-state index in [1.54, 1.807) is 32.6 Å². The van der Waals surface area contributed by atoms with E-state index in [0.29, 0.717) is 0 Å². The van der Waals surface area contributed by atoms with Crippen molar-refractivity contribution in [3.05, 3.63) is 64.2 Å². The van der Waals surface area contributed by atoms with E-state index in [-0.39, 0.29) is 17.9 Å². The van der Waals surface area contributed by atoms with Gasteiger partial charge in [0.25, 0.3) is 5.91 Å². The molecule has 1 aliphatic rings. The van der Waals surface area contributed by atoms with Crippen molar-refractivity contribution in [1.29, 1.82) is 0 Å². The van der Waals surface area contributed by atoms with Crippen LogP contribution in [0.1, 0.15) is 80.8 Å². The highest BCUT2D eigenvalue weighted by molar-refractivity contribution is 6.00. The van der Waals surface area contributed by atoms with Crippen LogP contribution in [0.5, 0.6) is 0 Å². The first-order chi connectivity index (χ1) is 17.3. The molecule has 2 aromatic carbocycles. The molecule has 200 valence electrons. The Morgan fingerprint density at radius 3 is 2.05 bits per heavy atom. The number of nitrogens with one attached hydrogen (secondary N) is 2. The van der Waals surface area contributed by atoms with Crippen LogP contribution in [0.2, 0.25) is 0 Å². The second-order valence-electron chi connectivity index (χ2n) is 11.1. The van der Waals surface area contributed by atoms with Gasteiger partial charge in [0.1, 0.15) is 17.7 Å². The Bertz CT molecular complexity index is 1140. The van der Waals surface area contributed by atoms with Crippen LogP contribution in [0.15, 0.2) is 36.4 Å². The van der Waals surface area contributed by atoms with Crippen molar-refractivity contribution >= 4 is 23.6 Å². The minimum Gasteiger partial charge on any atom is -0.444 e. The summed E-state index contributed by atoms with van der Waals surface area (Å²) in [4.78, 5) is 42.2. The molecule has 0 aromatic heterocycles. The third-order valence-corrected chi connectivity index (χ3v) is 7.02. The zero-order valence-corrected chi connectivity index (χ0v) is 23.4. The minimum absolute atomic E-state index is 0.0935. The second-order valence-corrected chi connectivity index (χ2v) is 11.1. The molecular formula is C30H41N3O4. The maximum absolute atomic E-state index is 14.1. The number of carbonyl (C=O) groups is 3. The van der Waals surface area contributed by atoms with Crippen molar-refractivity contribution in [3.8, 4) is 0 Å². The number of amides is 3. The third-order valence-electron chi connectivity index (χ3n) is 7.02. The predicted molar refractivity (Wildman–Crippen MR) is 147 cm³/mol. The van der Waals surface area contributed by atoms with Gasteiger partial charge in [-0.2, -0.15) is 0 Å². The molecule has 0 spiro atoms. The number of anilines is 1. The maximum Gasteiger partial charge on any atom is 0.408 e. The molecule has 2 atom stereocenters. The van der Waals surface area contributed by atoms with Gasteiger partial charge in [-0.15, -0.1) is 0 Å². The summed E-state index contributed by atoms with van der Waals surface area (Å²) >= 11 is 0. The molecule has 0 bridgehead atoms. The number of nitrogens with zero attached hydrogens (tertiary/aromatic N) is 1. The Balaban J connectivity index is 2.03. The zero-order chi connectivity index (χ0) is 27.5. The van der Waals surface area contributed by atoms with E-state index in [1.165, 1.54) is 0 Å². The van der Waals surface area contributed by atoms with E-state index in [0.717, 1.165) is 52.8 Å². The summed E-state index contributed by atoms with van der Waals surface area (Å²) in [6, 6.07) is 9.90. The van der Waals surface area contributed by atoms with Crippen molar-refractivity contribution in [2.75, 3.05) is 5.32 Å². The van der Waals surface area contributed by atoms with E-state index >= 15 is 0 Å². The molecule has 3 amide bonds. The molecule has 0 heterocycles. The van der Waals surface area contributed by atoms with E-state index in [1.807, 2.05) is 64.1 Å². The van der Waals surface area contributed by atoms with Crippen LogP contribution in [0.4, 0.5) is 10.5 Å². The minimum atomic E-state index is -0.865. The van der Waals surface area contributed by atoms with Gasteiger partial charge in [0.15, 0.2) is 0 Å². The molecule has 3 rings (SSSR count). The number of rotatable bonds is 7. The quantitative estimate of drug-likeness (QED) is 0.489. The van der Waals surface area contributed by atoms with Gasteiger partial charge in [-0.1, -0.05) is 36.4 Å². The van der Waals surface area contributed by atoms with Crippen LogP contribution < -0.4 is 10.6 Å². The van der Waals surface area contributed by atoms with E-state index < -0.39 is 23.8 Å². The van der Waals surface area contributed by atoms with Crippen LogP contribution in [0.25, 0.3) is 0 Å². The number of hydrogen-bond donors (Lipinski definition) is 2. The SMILES string of the molecule is Cc1cccc(C(C(=O)Nc2c(C)cccc2C)N(C(=O)C(C)NC(=O)OC(C)(C)C)C2CCC2)c1C. The van der Waals surface area contributed by atoms with Crippen LogP contribution in [0, 0.1) is 27.7 Å². The van der Waals surface area contributed by atoms with Crippen LogP contribution >= 0.6 is 0 Å².